The lowest BCUT2D eigenvalue weighted by Gasteiger charge is -2.14. The number of imidazole rings is 1. The van der Waals surface area contributed by atoms with Crippen molar-refractivity contribution >= 4 is 51.4 Å². The third-order valence-electron chi connectivity index (χ3n) is 4.77. The number of benzene rings is 2. The van der Waals surface area contributed by atoms with E-state index >= 15 is 0 Å². The van der Waals surface area contributed by atoms with Crippen molar-refractivity contribution < 1.29 is 4.74 Å². The van der Waals surface area contributed by atoms with Crippen molar-refractivity contribution in [3.8, 4) is 5.75 Å². The Balaban J connectivity index is 2.20. The number of methoxy groups -OCH3 is 1. The maximum Gasteiger partial charge on any atom is 0.208 e. The van der Waals surface area contributed by atoms with Crippen molar-refractivity contribution in [3.63, 3.8) is 0 Å². The van der Waals surface area contributed by atoms with Gasteiger partial charge in [0.25, 0.3) is 0 Å². The Morgan fingerprint density at radius 2 is 2.04 bits per heavy atom. The fraction of sp³-hybridized carbons (Fsp3) is 0.286. The van der Waals surface area contributed by atoms with Gasteiger partial charge in [0.1, 0.15) is 11.3 Å². The van der Waals surface area contributed by atoms with E-state index in [-0.39, 0.29) is 0 Å². The van der Waals surface area contributed by atoms with E-state index in [1.807, 2.05) is 30.7 Å². The molecule has 142 valence electrons. The van der Waals surface area contributed by atoms with Gasteiger partial charge in [0, 0.05) is 23.7 Å². The monoisotopic (exact) mass is 403 g/mol. The van der Waals surface area contributed by atoms with E-state index < -0.39 is 0 Å². The number of aromatic nitrogens is 2. The van der Waals surface area contributed by atoms with E-state index in [0.29, 0.717) is 21.7 Å². The van der Waals surface area contributed by atoms with Gasteiger partial charge in [-0.1, -0.05) is 42.3 Å². The Bertz CT molecular complexity index is 1040. The third kappa shape index (κ3) is 3.52. The highest BCUT2D eigenvalue weighted by atomic mass is 35.5. The Morgan fingerprint density at radius 1 is 1.30 bits per heavy atom. The minimum absolute atomic E-state index is 0.628. The number of ether oxygens (including phenoxy) is 1. The molecule has 0 amide bonds. The Labute approximate surface area is 169 Å². The van der Waals surface area contributed by atoms with Crippen LogP contribution in [0.1, 0.15) is 31.4 Å². The number of rotatable bonds is 5. The van der Waals surface area contributed by atoms with Crippen LogP contribution in [0.25, 0.3) is 16.6 Å². The van der Waals surface area contributed by atoms with Crippen LogP contribution in [0.2, 0.25) is 10.0 Å². The number of fused-ring (bicyclic) bond motifs is 1. The van der Waals surface area contributed by atoms with E-state index in [4.69, 9.17) is 32.9 Å². The van der Waals surface area contributed by atoms with Crippen LogP contribution < -0.4 is 10.1 Å². The highest BCUT2D eigenvalue weighted by molar-refractivity contribution is 6.35. The van der Waals surface area contributed by atoms with Gasteiger partial charge in [-0.05, 0) is 43.5 Å². The maximum atomic E-state index is 6.45. The fourth-order valence-corrected chi connectivity index (χ4v) is 3.81. The molecule has 2 aromatic carbocycles. The molecule has 1 N–H and O–H groups in total. The third-order valence-corrected chi connectivity index (χ3v) is 5.29. The fourth-order valence-electron chi connectivity index (χ4n) is 3.35. The summed E-state index contributed by atoms with van der Waals surface area (Å²) in [7, 11) is 3.61. The summed E-state index contributed by atoms with van der Waals surface area (Å²) in [5.41, 5.74) is 5.98. The summed E-state index contributed by atoms with van der Waals surface area (Å²) >= 11 is 12.6. The Morgan fingerprint density at radius 3 is 2.67 bits per heavy atom. The minimum atomic E-state index is 0.628. The lowest BCUT2D eigenvalue weighted by molar-refractivity contribution is 0.416. The predicted molar refractivity (Wildman–Crippen MR) is 116 cm³/mol. The summed E-state index contributed by atoms with van der Waals surface area (Å²) in [6.45, 7) is 6.18. The largest absolute Gasteiger partial charge is 0.495 e. The number of nitrogens with zero attached hydrogens (tertiary/aromatic N) is 2. The smallest absolute Gasteiger partial charge is 0.208 e. The molecule has 1 heterocycles. The molecule has 0 saturated carbocycles. The molecular weight excluding hydrogens is 381 g/mol. The van der Waals surface area contributed by atoms with Gasteiger partial charge >= 0.3 is 0 Å². The molecule has 1 aromatic heterocycles. The first-order chi connectivity index (χ1) is 12.9. The molecule has 0 unspecified atom stereocenters. The number of aryl methyl sites for hydroxylation is 2. The second-order valence-electron chi connectivity index (χ2n) is 6.38. The van der Waals surface area contributed by atoms with Crippen molar-refractivity contribution in [2.45, 2.75) is 27.2 Å². The lowest BCUT2D eigenvalue weighted by Crippen LogP contribution is -2.03. The molecular formula is C21H23Cl2N3O. The molecule has 0 radical (unpaired) electrons. The maximum absolute atomic E-state index is 6.45. The Hall–Kier alpha value is -2.17. The first-order valence-corrected chi connectivity index (χ1v) is 9.58. The molecule has 0 aliphatic heterocycles. The molecule has 3 rings (SSSR count). The first-order valence-electron chi connectivity index (χ1n) is 8.82. The molecule has 3 aromatic rings. The van der Waals surface area contributed by atoms with E-state index in [1.165, 1.54) is 5.57 Å². The summed E-state index contributed by atoms with van der Waals surface area (Å²) in [4.78, 5) is 4.76. The molecule has 4 nitrogen and oxygen atoms in total. The molecule has 0 fully saturated rings. The van der Waals surface area contributed by atoms with Gasteiger partial charge in [0.05, 0.1) is 23.3 Å². The van der Waals surface area contributed by atoms with Crippen LogP contribution in [-0.2, 0) is 7.05 Å². The van der Waals surface area contributed by atoms with Gasteiger partial charge < -0.3 is 14.6 Å². The van der Waals surface area contributed by atoms with Crippen molar-refractivity contribution in [2.24, 2.45) is 7.05 Å². The van der Waals surface area contributed by atoms with Gasteiger partial charge in [0.15, 0.2) is 0 Å². The lowest BCUT2D eigenvalue weighted by atomic mass is 10.0. The summed E-state index contributed by atoms with van der Waals surface area (Å²) in [5, 5.41) is 4.66. The van der Waals surface area contributed by atoms with Crippen LogP contribution >= 0.6 is 23.2 Å². The number of anilines is 2. The van der Waals surface area contributed by atoms with E-state index in [1.54, 1.807) is 13.2 Å². The van der Waals surface area contributed by atoms with Crippen LogP contribution in [-0.4, -0.2) is 16.7 Å². The van der Waals surface area contributed by atoms with Crippen molar-refractivity contribution in [2.75, 3.05) is 12.4 Å². The molecule has 0 aliphatic rings. The molecule has 27 heavy (non-hydrogen) atoms. The van der Waals surface area contributed by atoms with Crippen molar-refractivity contribution in [1.82, 2.24) is 9.55 Å². The number of hydrogen-bond acceptors (Lipinski definition) is 3. The molecule has 0 atom stereocenters. The highest BCUT2D eigenvalue weighted by Crippen LogP contribution is 2.37. The molecule has 0 spiro atoms. The second-order valence-corrected chi connectivity index (χ2v) is 7.22. The summed E-state index contributed by atoms with van der Waals surface area (Å²) in [6, 6.07) is 7.64. The van der Waals surface area contributed by atoms with E-state index in [2.05, 4.69) is 31.3 Å². The van der Waals surface area contributed by atoms with Gasteiger partial charge in [-0.3, -0.25) is 0 Å². The summed E-state index contributed by atoms with van der Waals surface area (Å²) in [6.07, 6.45) is 3.07. The van der Waals surface area contributed by atoms with Crippen molar-refractivity contribution in [3.05, 3.63) is 51.5 Å². The summed E-state index contributed by atoms with van der Waals surface area (Å²) in [5.74, 6) is 1.36. The van der Waals surface area contributed by atoms with Crippen molar-refractivity contribution in [1.29, 1.82) is 0 Å². The number of halogens is 2. The van der Waals surface area contributed by atoms with Crippen LogP contribution in [0.5, 0.6) is 5.75 Å². The average Bonchev–Trinajstić information content (AvgIpc) is 2.97. The quantitative estimate of drug-likeness (QED) is 0.511. The number of allylic oxidation sites excluding steroid dienone is 2. The zero-order valence-corrected chi connectivity index (χ0v) is 17.7. The topological polar surface area (TPSA) is 39.1 Å². The molecule has 0 bridgehead atoms. The standard InChI is InChI=1S/C21H23Cl2N3O/c1-6-13(7-2)15-8-9-16(23)19-20(15)26(4)21(25-19)24-18-12(3)10-14(22)11-17(18)27-5/h6,8-11H,7H2,1-5H3,(H,24,25). The number of nitrogens with one attached hydrogen (secondary N) is 1. The van der Waals surface area contributed by atoms with Crippen LogP contribution in [0.3, 0.4) is 0 Å². The SMILES string of the molecule is CC=C(CC)c1ccc(Cl)c2nc(Nc3c(C)cc(Cl)cc3OC)n(C)c12. The predicted octanol–water partition coefficient (Wildman–Crippen LogP) is 6.75. The van der Waals surface area contributed by atoms with E-state index in [0.717, 1.165) is 34.3 Å². The second kappa shape index (κ2) is 7.83. The number of hydrogen-bond donors (Lipinski definition) is 1. The van der Waals surface area contributed by atoms with Gasteiger partial charge in [-0.25, -0.2) is 4.98 Å². The zero-order valence-electron chi connectivity index (χ0n) is 16.2. The normalized spacial score (nSPS) is 11.9. The highest BCUT2D eigenvalue weighted by Gasteiger charge is 2.18. The molecule has 0 saturated heterocycles. The summed E-state index contributed by atoms with van der Waals surface area (Å²) < 4.78 is 7.53. The average molecular weight is 404 g/mol. The zero-order chi connectivity index (χ0) is 19.7. The van der Waals surface area contributed by atoms with Crippen LogP contribution in [0.4, 0.5) is 11.6 Å². The van der Waals surface area contributed by atoms with Gasteiger partial charge in [-0.2, -0.15) is 0 Å². The van der Waals surface area contributed by atoms with Crippen LogP contribution in [0.15, 0.2) is 30.3 Å². The van der Waals surface area contributed by atoms with E-state index in [9.17, 15) is 0 Å². The molecule has 6 heteroatoms. The van der Waals surface area contributed by atoms with Gasteiger partial charge in [-0.15, -0.1) is 0 Å². The van der Waals surface area contributed by atoms with Crippen LogP contribution in [0, 0.1) is 6.92 Å². The van der Waals surface area contributed by atoms with Gasteiger partial charge in [0.2, 0.25) is 5.95 Å². The minimum Gasteiger partial charge on any atom is -0.495 e. The first kappa shape index (κ1) is 19.6. The Kier molecular flexibility index (Phi) is 5.68. The molecule has 0 aliphatic carbocycles.